The minimum absolute atomic E-state index is 0.303. The second-order valence-electron chi connectivity index (χ2n) is 3.97. The van der Waals surface area contributed by atoms with Crippen molar-refractivity contribution in [2.45, 2.75) is 20.3 Å². The quantitative estimate of drug-likeness (QED) is 0.834. The van der Waals surface area contributed by atoms with E-state index in [1.54, 1.807) is 6.92 Å². The van der Waals surface area contributed by atoms with Gasteiger partial charge in [0.05, 0.1) is 5.69 Å². The second-order valence-corrected chi connectivity index (χ2v) is 4.35. The molecule has 1 aromatic carbocycles. The molecule has 0 aliphatic rings. The van der Waals surface area contributed by atoms with Gasteiger partial charge in [0.1, 0.15) is 22.1 Å². The van der Waals surface area contributed by atoms with E-state index in [0.29, 0.717) is 33.7 Å². The Morgan fingerprint density at radius 1 is 1.33 bits per heavy atom. The minimum Gasteiger partial charge on any atom is -0.343 e. The van der Waals surface area contributed by atoms with E-state index in [2.05, 4.69) is 9.97 Å². The summed E-state index contributed by atoms with van der Waals surface area (Å²) in [6.45, 7) is 3.69. The lowest BCUT2D eigenvalue weighted by atomic mass is 10.1. The van der Waals surface area contributed by atoms with E-state index in [-0.39, 0.29) is 0 Å². The highest BCUT2D eigenvalue weighted by Gasteiger charge is 2.11. The second kappa shape index (κ2) is 4.94. The van der Waals surface area contributed by atoms with Crippen LogP contribution in [0.25, 0.3) is 11.3 Å². The maximum atomic E-state index is 13.8. The fraction of sp³-hybridized carbons (Fsp3) is 0.231. The zero-order valence-corrected chi connectivity index (χ0v) is 10.9. The van der Waals surface area contributed by atoms with Crippen LogP contribution in [-0.2, 0) is 6.42 Å². The molecule has 94 valence electrons. The van der Waals surface area contributed by atoms with Gasteiger partial charge < -0.3 is 4.98 Å². The smallest absolute Gasteiger partial charge is 0.135 e. The average molecular weight is 266 g/mol. The third kappa shape index (κ3) is 2.31. The van der Waals surface area contributed by atoms with Crippen LogP contribution in [0.3, 0.4) is 0 Å². The summed E-state index contributed by atoms with van der Waals surface area (Å²) in [6, 6.07) is 3.48. The van der Waals surface area contributed by atoms with Crippen molar-refractivity contribution in [1.29, 1.82) is 0 Å². The van der Waals surface area contributed by atoms with E-state index in [4.69, 9.17) is 12.2 Å². The van der Waals surface area contributed by atoms with Gasteiger partial charge in [-0.15, -0.1) is 0 Å². The summed E-state index contributed by atoms with van der Waals surface area (Å²) >= 11 is 5.14. The van der Waals surface area contributed by atoms with Crippen molar-refractivity contribution in [3.05, 3.63) is 45.9 Å². The molecule has 0 saturated carbocycles. The van der Waals surface area contributed by atoms with E-state index in [1.807, 2.05) is 6.92 Å². The van der Waals surface area contributed by atoms with Gasteiger partial charge in [-0.1, -0.05) is 19.1 Å². The molecular weight excluding hydrogens is 254 g/mol. The fourth-order valence-electron chi connectivity index (χ4n) is 1.71. The van der Waals surface area contributed by atoms with Crippen LogP contribution in [-0.4, -0.2) is 9.97 Å². The number of H-pyrrole nitrogens is 1. The van der Waals surface area contributed by atoms with Crippen molar-refractivity contribution in [2.24, 2.45) is 0 Å². The Bertz CT molecular complexity index is 650. The number of rotatable bonds is 2. The Morgan fingerprint density at radius 2 is 2.06 bits per heavy atom. The normalized spacial score (nSPS) is 10.7. The molecule has 0 fully saturated rings. The van der Waals surface area contributed by atoms with Crippen molar-refractivity contribution in [3.63, 3.8) is 0 Å². The highest BCUT2D eigenvalue weighted by Crippen LogP contribution is 2.25. The molecule has 0 amide bonds. The lowest BCUT2D eigenvalue weighted by molar-refractivity contribution is 0.585. The van der Waals surface area contributed by atoms with Crippen molar-refractivity contribution in [3.8, 4) is 11.3 Å². The number of nitrogens with one attached hydrogen (secondary N) is 1. The van der Waals surface area contributed by atoms with Gasteiger partial charge in [0.2, 0.25) is 0 Å². The van der Waals surface area contributed by atoms with E-state index in [1.165, 1.54) is 12.1 Å². The molecule has 1 N–H and O–H groups in total. The molecule has 0 aliphatic carbocycles. The van der Waals surface area contributed by atoms with Gasteiger partial charge in [-0.05, 0) is 19.1 Å². The van der Waals surface area contributed by atoms with E-state index in [0.717, 1.165) is 6.07 Å². The highest BCUT2D eigenvalue weighted by atomic mass is 32.1. The third-order valence-electron chi connectivity index (χ3n) is 2.74. The number of aryl methyl sites for hydroxylation is 1. The Hall–Kier alpha value is -1.62. The summed E-state index contributed by atoms with van der Waals surface area (Å²) in [4.78, 5) is 7.23. The van der Waals surface area contributed by atoms with Crippen LogP contribution >= 0.6 is 12.2 Å². The molecule has 1 heterocycles. The topological polar surface area (TPSA) is 28.7 Å². The van der Waals surface area contributed by atoms with Crippen LogP contribution in [0.2, 0.25) is 0 Å². The standard InChI is InChI=1S/C13H12F2N2S/c1-3-11-16-12(7(2)13(18)17-11)9-5-4-8(14)6-10(9)15/h4-6H,3H2,1-2H3,(H,16,17,18). The Labute approximate surface area is 109 Å². The third-order valence-corrected chi connectivity index (χ3v) is 3.13. The predicted molar refractivity (Wildman–Crippen MR) is 68.9 cm³/mol. The summed E-state index contributed by atoms with van der Waals surface area (Å²) in [7, 11) is 0. The highest BCUT2D eigenvalue weighted by molar-refractivity contribution is 7.71. The zero-order valence-electron chi connectivity index (χ0n) is 10.1. The van der Waals surface area contributed by atoms with Crippen LogP contribution in [0.4, 0.5) is 8.78 Å². The summed E-state index contributed by atoms with van der Waals surface area (Å²) in [6.07, 6.45) is 0.666. The molecule has 0 aliphatic heterocycles. The van der Waals surface area contributed by atoms with Crippen molar-refractivity contribution >= 4 is 12.2 Å². The van der Waals surface area contributed by atoms with Gasteiger partial charge in [0.25, 0.3) is 0 Å². The molecule has 0 spiro atoms. The van der Waals surface area contributed by atoms with Crippen molar-refractivity contribution in [2.75, 3.05) is 0 Å². The first kappa shape index (κ1) is 12.8. The van der Waals surface area contributed by atoms with Crippen LogP contribution in [0, 0.1) is 23.2 Å². The molecule has 5 heteroatoms. The number of aromatic amines is 1. The SMILES string of the molecule is CCc1nc(=S)c(C)c(-c2ccc(F)cc2F)[nH]1. The molecule has 0 bridgehead atoms. The first-order chi connectivity index (χ1) is 8.52. The van der Waals surface area contributed by atoms with Crippen LogP contribution in [0.15, 0.2) is 18.2 Å². The van der Waals surface area contributed by atoms with Crippen molar-refractivity contribution < 1.29 is 8.78 Å². The largest absolute Gasteiger partial charge is 0.343 e. The van der Waals surface area contributed by atoms with Gasteiger partial charge in [-0.3, -0.25) is 0 Å². The Balaban J connectivity index is 2.70. The minimum atomic E-state index is -0.614. The van der Waals surface area contributed by atoms with Crippen LogP contribution in [0.1, 0.15) is 18.3 Å². The van der Waals surface area contributed by atoms with Crippen LogP contribution < -0.4 is 0 Å². The van der Waals surface area contributed by atoms with E-state index in [9.17, 15) is 8.78 Å². The molecule has 0 unspecified atom stereocenters. The van der Waals surface area contributed by atoms with Gasteiger partial charge in [-0.2, -0.15) is 0 Å². The summed E-state index contributed by atoms with van der Waals surface area (Å²) < 4.78 is 27.1. The van der Waals surface area contributed by atoms with Gasteiger partial charge in [-0.25, -0.2) is 13.8 Å². The zero-order chi connectivity index (χ0) is 13.3. The molecule has 0 atom stereocenters. The molecule has 0 radical (unpaired) electrons. The molecular formula is C13H12F2N2S. The van der Waals surface area contributed by atoms with E-state index >= 15 is 0 Å². The van der Waals surface area contributed by atoms with Gasteiger partial charge in [0.15, 0.2) is 0 Å². The molecule has 2 rings (SSSR count). The fourth-order valence-corrected chi connectivity index (χ4v) is 1.92. The van der Waals surface area contributed by atoms with Gasteiger partial charge >= 0.3 is 0 Å². The number of benzene rings is 1. The first-order valence-corrected chi connectivity index (χ1v) is 5.99. The summed E-state index contributed by atoms with van der Waals surface area (Å²) in [5, 5.41) is 0. The number of hydrogen-bond acceptors (Lipinski definition) is 2. The summed E-state index contributed by atoms with van der Waals surface area (Å²) in [5.41, 5.74) is 1.55. The van der Waals surface area contributed by atoms with Gasteiger partial charge in [0, 0.05) is 23.6 Å². The monoisotopic (exact) mass is 266 g/mol. The molecule has 1 aromatic heterocycles. The Morgan fingerprint density at radius 3 is 2.67 bits per heavy atom. The van der Waals surface area contributed by atoms with Crippen LogP contribution in [0.5, 0.6) is 0 Å². The molecule has 2 nitrogen and oxygen atoms in total. The lowest BCUT2D eigenvalue weighted by Gasteiger charge is -2.09. The number of hydrogen-bond donors (Lipinski definition) is 1. The first-order valence-electron chi connectivity index (χ1n) is 5.58. The average Bonchev–Trinajstić information content (AvgIpc) is 2.33. The number of nitrogens with zero attached hydrogens (tertiary/aromatic N) is 1. The Kier molecular flexibility index (Phi) is 3.52. The maximum Gasteiger partial charge on any atom is 0.135 e. The molecule has 18 heavy (non-hydrogen) atoms. The summed E-state index contributed by atoms with van der Waals surface area (Å²) in [5.74, 6) is -0.529. The number of halogens is 2. The molecule has 0 saturated heterocycles. The molecule has 2 aromatic rings. The number of aromatic nitrogens is 2. The van der Waals surface area contributed by atoms with E-state index < -0.39 is 11.6 Å². The van der Waals surface area contributed by atoms with Crippen molar-refractivity contribution in [1.82, 2.24) is 9.97 Å². The lowest BCUT2D eigenvalue weighted by Crippen LogP contribution is -2.00. The maximum absolute atomic E-state index is 13.8. The predicted octanol–water partition coefficient (Wildman–Crippen LogP) is 3.96.